The van der Waals surface area contributed by atoms with Crippen LogP contribution in [0.5, 0.6) is 0 Å². The molecule has 9 nitrogen and oxygen atoms in total. The SMILES string of the molecule is Cc1c(Cl)cccc1-n1c(SCC(=O)Nc2ccc([N+](=O)[O-])cc2C#N)nc2ccccc2c1=O. The van der Waals surface area contributed by atoms with Crippen molar-refractivity contribution in [3.05, 3.63) is 97.3 Å². The summed E-state index contributed by atoms with van der Waals surface area (Å²) in [5.74, 6) is -0.608. The lowest BCUT2D eigenvalue weighted by molar-refractivity contribution is -0.384. The number of nitrogens with one attached hydrogen (secondary N) is 1. The molecule has 4 aromatic rings. The number of carbonyl (C=O) groups is 1. The molecule has 0 aliphatic rings. The van der Waals surface area contributed by atoms with Gasteiger partial charge in [-0.25, -0.2) is 4.98 Å². The molecule has 0 atom stereocenters. The van der Waals surface area contributed by atoms with Crippen molar-refractivity contribution in [3.63, 3.8) is 0 Å². The van der Waals surface area contributed by atoms with Crippen molar-refractivity contribution < 1.29 is 9.72 Å². The number of non-ortho nitro benzene ring substituents is 1. The number of nitriles is 1. The summed E-state index contributed by atoms with van der Waals surface area (Å²) in [5, 5.41) is 24.0. The summed E-state index contributed by atoms with van der Waals surface area (Å²) in [6, 6.07) is 17.5. The second kappa shape index (κ2) is 9.97. The zero-order chi connectivity index (χ0) is 25.1. The molecule has 0 spiro atoms. The van der Waals surface area contributed by atoms with E-state index in [2.05, 4.69) is 10.3 Å². The molecule has 0 unspecified atom stereocenters. The zero-order valence-corrected chi connectivity index (χ0v) is 19.8. The molecule has 11 heteroatoms. The Morgan fingerprint density at radius 2 is 2.00 bits per heavy atom. The van der Waals surface area contributed by atoms with Gasteiger partial charge in [-0.2, -0.15) is 5.26 Å². The number of benzene rings is 3. The first-order valence-electron chi connectivity index (χ1n) is 10.2. The third kappa shape index (κ3) is 4.87. The number of fused-ring (bicyclic) bond motifs is 1. The van der Waals surface area contributed by atoms with Crippen molar-refractivity contribution in [2.75, 3.05) is 11.1 Å². The normalized spacial score (nSPS) is 10.7. The van der Waals surface area contributed by atoms with Gasteiger partial charge in [0.2, 0.25) is 5.91 Å². The Morgan fingerprint density at radius 3 is 2.74 bits per heavy atom. The molecule has 0 aliphatic carbocycles. The van der Waals surface area contributed by atoms with E-state index in [0.29, 0.717) is 32.3 Å². The van der Waals surface area contributed by atoms with Crippen LogP contribution in [0.3, 0.4) is 0 Å². The number of para-hydroxylation sites is 1. The van der Waals surface area contributed by atoms with E-state index in [4.69, 9.17) is 11.6 Å². The first-order valence-corrected chi connectivity index (χ1v) is 11.5. The van der Waals surface area contributed by atoms with Crippen LogP contribution in [0.2, 0.25) is 5.02 Å². The first kappa shape index (κ1) is 23.9. The molecule has 4 rings (SSSR count). The number of amides is 1. The number of nitro groups is 1. The predicted octanol–water partition coefficient (Wildman–Crippen LogP) is 4.86. The van der Waals surface area contributed by atoms with Crippen LogP contribution < -0.4 is 10.9 Å². The average molecular weight is 506 g/mol. The van der Waals surface area contributed by atoms with Gasteiger partial charge in [-0.15, -0.1) is 0 Å². The molecule has 0 aliphatic heterocycles. The second-order valence-corrected chi connectivity index (χ2v) is 8.72. The Hall–Kier alpha value is -4.20. The highest BCUT2D eigenvalue weighted by Gasteiger charge is 2.18. The van der Waals surface area contributed by atoms with E-state index in [1.807, 2.05) is 6.07 Å². The molecule has 1 N–H and O–H groups in total. The standard InChI is InChI=1S/C24H16ClN5O4S/c1-14-18(25)6-4-8-21(14)29-23(32)17-5-2-3-7-20(17)28-24(29)35-13-22(31)27-19-10-9-16(30(33)34)11-15(19)12-26/h2-11H,13H2,1H3,(H,27,31). The molecule has 1 heterocycles. The summed E-state index contributed by atoms with van der Waals surface area (Å²) in [4.78, 5) is 41.0. The highest BCUT2D eigenvalue weighted by molar-refractivity contribution is 7.99. The molecule has 0 saturated heterocycles. The number of halogens is 1. The molecule has 35 heavy (non-hydrogen) atoms. The van der Waals surface area contributed by atoms with E-state index in [9.17, 15) is 25.0 Å². The van der Waals surface area contributed by atoms with Crippen molar-refractivity contribution >= 4 is 51.5 Å². The monoisotopic (exact) mass is 505 g/mol. The lowest BCUT2D eigenvalue weighted by Crippen LogP contribution is -2.23. The quantitative estimate of drug-likeness (QED) is 0.171. The van der Waals surface area contributed by atoms with Gasteiger partial charge in [0.05, 0.1) is 38.5 Å². The fourth-order valence-corrected chi connectivity index (χ4v) is 4.40. The van der Waals surface area contributed by atoms with Gasteiger partial charge in [0, 0.05) is 17.2 Å². The van der Waals surface area contributed by atoms with Gasteiger partial charge >= 0.3 is 0 Å². The van der Waals surface area contributed by atoms with Crippen molar-refractivity contribution in [1.82, 2.24) is 9.55 Å². The van der Waals surface area contributed by atoms with Crippen LogP contribution in [-0.4, -0.2) is 26.1 Å². The highest BCUT2D eigenvalue weighted by atomic mass is 35.5. The third-order valence-electron chi connectivity index (χ3n) is 5.17. The number of carbonyl (C=O) groups excluding carboxylic acids is 1. The minimum absolute atomic E-state index is 0.0344. The first-order chi connectivity index (χ1) is 16.8. The molecular weight excluding hydrogens is 490 g/mol. The lowest BCUT2D eigenvalue weighted by atomic mass is 10.1. The number of nitrogens with zero attached hydrogens (tertiary/aromatic N) is 4. The van der Waals surface area contributed by atoms with E-state index >= 15 is 0 Å². The molecule has 0 saturated carbocycles. The average Bonchev–Trinajstić information content (AvgIpc) is 2.85. The van der Waals surface area contributed by atoms with E-state index in [0.717, 1.165) is 17.8 Å². The summed E-state index contributed by atoms with van der Waals surface area (Å²) in [6.45, 7) is 1.79. The Balaban J connectivity index is 1.68. The second-order valence-electron chi connectivity index (χ2n) is 7.37. The Morgan fingerprint density at radius 1 is 1.23 bits per heavy atom. The Bertz CT molecular complexity index is 1600. The van der Waals surface area contributed by atoms with E-state index in [1.54, 1.807) is 49.4 Å². The lowest BCUT2D eigenvalue weighted by Gasteiger charge is -2.16. The molecule has 0 bridgehead atoms. The van der Waals surface area contributed by atoms with Gasteiger partial charge < -0.3 is 5.32 Å². The van der Waals surface area contributed by atoms with Crippen LogP contribution in [-0.2, 0) is 4.79 Å². The number of hydrogen-bond donors (Lipinski definition) is 1. The van der Waals surface area contributed by atoms with Gasteiger partial charge in [0.1, 0.15) is 6.07 Å². The molecular formula is C24H16ClN5O4S. The van der Waals surface area contributed by atoms with Crippen molar-refractivity contribution in [3.8, 4) is 11.8 Å². The van der Waals surface area contributed by atoms with Crippen molar-refractivity contribution in [2.24, 2.45) is 0 Å². The highest BCUT2D eigenvalue weighted by Crippen LogP contribution is 2.27. The van der Waals surface area contributed by atoms with Gasteiger partial charge in [-0.1, -0.05) is 41.6 Å². The van der Waals surface area contributed by atoms with Crippen LogP contribution in [0.4, 0.5) is 11.4 Å². The number of nitro benzene ring substituents is 1. The molecule has 0 fully saturated rings. The number of hydrogen-bond acceptors (Lipinski definition) is 7. The molecule has 1 aromatic heterocycles. The Kier molecular flexibility index (Phi) is 6.82. The maximum Gasteiger partial charge on any atom is 0.270 e. The maximum atomic E-state index is 13.4. The number of rotatable bonds is 6. The molecule has 0 radical (unpaired) electrons. The molecule has 1 amide bonds. The van der Waals surface area contributed by atoms with Gasteiger partial charge in [-0.3, -0.25) is 24.3 Å². The van der Waals surface area contributed by atoms with E-state index in [1.165, 1.54) is 16.7 Å². The van der Waals surface area contributed by atoms with Gasteiger partial charge in [-0.05, 0) is 42.8 Å². The molecule has 3 aromatic carbocycles. The number of aromatic nitrogens is 2. The third-order valence-corrected chi connectivity index (χ3v) is 6.51. The smallest absolute Gasteiger partial charge is 0.270 e. The number of thioether (sulfide) groups is 1. The summed E-state index contributed by atoms with van der Waals surface area (Å²) in [6.07, 6.45) is 0. The molecule has 174 valence electrons. The van der Waals surface area contributed by atoms with E-state index < -0.39 is 10.8 Å². The summed E-state index contributed by atoms with van der Waals surface area (Å²) in [5.41, 5.74) is 1.28. The van der Waals surface area contributed by atoms with Crippen molar-refractivity contribution in [1.29, 1.82) is 5.26 Å². The minimum atomic E-state index is -0.620. The number of anilines is 1. The maximum absolute atomic E-state index is 13.4. The summed E-state index contributed by atoms with van der Waals surface area (Å²) in [7, 11) is 0. The van der Waals surface area contributed by atoms with Crippen molar-refractivity contribution in [2.45, 2.75) is 12.1 Å². The zero-order valence-electron chi connectivity index (χ0n) is 18.2. The topological polar surface area (TPSA) is 131 Å². The van der Waals surface area contributed by atoms with Crippen LogP contribution in [0.25, 0.3) is 16.6 Å². The summed E-state index contributed by atoms with van der Waals surface area (Å²) < 4.78 is 1.42. The largest absolute Gasteiger partial charge is 0.324 e. The van der Waals surface area contributed by atoms with Crippen LogP contribution in [0, 0.1) is 28.4 Å². The van der Waals surface area contributed by atoms with Crippen LogP contribution >= 0.6 is 23.4 Å². The van der Waals surface area contributed by atoms with Gasteiger partial charge in [0.25, 0.3) is 11.2 Å². The van der Waals surface area contributed by atoms with Crippen LogP contribution in [0.1, 0.15) is 11.1 Å². The van der Waals surface area contributed by atoms with Crippen LogP contribution in [0.15, 0.2) is 70.6 Å². The Labute approximate surface area is 208 Å². The fourth-order valence-electron chi connectivity index (χ4n) is 3.42. The predicted molar refractivity (Wildman–Crippen MR) is 134 cm³/mol. The minimum Gasteiger partial charge on any atom is -0.324 e. The van der Waals surface area contributed by atoms with E-state index in [-0.39, 0.29) is 28.3 Å². The fraction of sp³-hybridized carbons (Fsp3) is 0.0833. The summed E-state index contributed by atoms with van der Waals surface area (Å²) >= 11 is 7.33. The van der Waals surface area contributed by atoms with Gasteiger partial charge in [0.15, 0.2) is 5.16 Å².